The first-order chi connectivity index (χ1) is 8.22. The van der Waals surface area contributed by atoms with Crippen LogP contribution in [0.2, 0.25) is 0 Å². The summed E-state index contributed by atoms with van der Waals surface area (Å²) in [5.74, 6) is -0.903. The lowest BCUT2D eigenvalue weighted by Gasteiger charge is -2.04. The Hall–Kier alpha value is -1.81. The summed E-state index contributed by atoms with van der Waals surface area (Å²) in [5, 5.41) is 18.6. The average Bonchev–Trinajstić information content (AvgIpc) is 2.72. The highest BCUT2D eigenvalue weighted by Gasteiger charge is 2.06. The van der Waals surface area contributed by atoms with E-state index in [-0.39, 0.29) is 6.61 Å². The highest BCUT2D eigenvalue weighted by Crippen LogP contribution is 2.18. The van der Waals surface area contributed by atoms with Gasteiger partial charge in [-0.25, -0.2) is 4.79 Å². The first-order valence-electron chi connectivity index (χ1n) is 5.65. The summed E-state index contributed by atoms with van der Waals surface area (Å²) in [6.07, 6.45) is 3.65. The van der Waals surface area contributed by atoms with Crippen LogP contribution in [0.5, 0.6) is 0 Å². The van der Waals surface area contributed by atoms with E-state index < -0.39 is 5.97 Å². The molecule has 0 spiro atoms. The molecule has 4 nitrogen and oxygen atoms in total. The van der Waals surface area contributed by atoms with E-state index in [1.54, 1.807) is 12.1 Å². The molecule has 0 fully saturated rings. The van der Waals surface area contributed by atoms with Gasteiger partial charge in [-0.3, -0.25) is 0 Å². The number of aliphatic hydroxyl groups is 1. The maximum atomic E-state index is 10.8. The molecule has 0 atom stereocenters. The molecule has 1 heterocycles. The maximum absolute atomic E-state index is 10.8. The largest absolute Gasteiger partial charge is 0.478 e. The molecule has 17 heavy (non-hydrogen) atoms. The van der Waals surface area contributed by atoms with Crippen molar-refractivity contribution in [2.45, 2.75) is 19.4 Å². The smallest absolute Gasteiger partial charge is 0.335 e. The van der Waals surface area contributed by atoms with Gasteiger partial charge in [-0.2, -0.15) is 0 Å². The molecule has 4 heteroatoms. The predicted molar refractivity (Wildman–Crippen MR) is 65.2 cm³/mol. The molecule has 1 aromatic carbocycles. The summed E-state index contributed by atoms with van der Waals surface area (Å²) in [6, 6.07) is 7.05. The third-order valence-electron chi connectivity index (χ3n) is 2.83. The number of fused-ring (bicyclic) bond motifs is 1. The molecule has 1 aromatic heterocycles. The summed E-state index contributed by atoms with van der Waals surface area (Å²) in [4.78, 5) is 10.8. The van der Waals surface area contributed by atoms with Crippen molar-refractivity contribution < 1.29 is 15.0 Å². The lowest BCUT2D eigenvalue weighted by atomic mass is 10.1. The molecule has 2 rings (SSSR count). The Kier molecular flexibility index (Phi) is 3.44. The van der Waals surface area contributed by atoms with Gasteiger partial charge < -0.3 is 14.8 Å². The standard InChI is InChI=1S/C13H15NO3/c15-8-2-1-6-14-7-5-10-9-11(13(16)17)3-4-12(10)14/h3-5,7,9,15H,1-2,6,8H2,(H,16,17). The molecule has 0 aliphatic heterocycles. The Balaban J connectivity index is 2.25. The van der Waals surface area contributed by atoms with Crippen LogP contribution in [0.3, 0.4) is 0 Å². The number of aromatic nitrogens is 1. The van der Waals surface area contributed by atoms with Gasteiger partial charge in [0.25, 0.3) is 0 Å². The van der Waals surface area contributed by atoms with Crippen molar-refractivity contribution in [1.29, 1.82) is 0 Å². The van der Waals surface area contributed by atoms with Crippen molar-refractivity contribution in [1.82, 2.24) is 4.57 Å². The zero-order valence-corrected chi connectivity index (χ0v) is 9.47. The number of hydrogen-bond donors (Lipinski definition) is 2. The highest BCUT2D eigenvalue weighted by atomic mass is 16.4. The Labute approximate surface area is 99.1 Å². The lowest BCUT2D eigenvalue weighted by Crippen LogP contribution is -1.98. The van der Waals surface area contributed by atoms with Crippen LogP contribution in [-0.2, 0) is 6.54 Å². The first-order valence-corrected chi connectivity index (χ1v) is 5.65. The predicted octanol–water partition coefficient (Wildman–Crippen LogP) is 2.11. The van der Waals surface area contributed by atoms with Crippen molar-refractivity contribution in [3.63, 3.8) is 0 Å². The average molecular weight is 233 g/mol. The Morgan fingerprint density at radius 1 is 1.24 bits per heavy atom. The number of hydrogen-bond acceptors (Lipinski definition) is 2. The number of unbranched alkanes of at least 4 members (excludes halogenated alkanes) is 1. The number of nitrogens with zero attached hydrogens (tertiary/aromatic N) is 1. The highest BCUT2D eigenvalue weighted by molar-refractivity contribution is 5.93. The van der Waals surface area contributed by atoms with Crippen LogP contribution in [-0.4, -0.2) is 27.4 Å². The summed E-state index contributed by atoms with van der Waals surface area (Å²) < 4.78 is 2.08. The monoisotopic (exact) mass is 233 g/mol. The minimum absolute atomic E-state index is 0.211. The second-order valence-electron chi connectivity index (χ2n) is 4.02. The topological polar surface area (TPSA) is 62.5 Å². The quantitative estimate of drug-likeness (QED) is 0.777. The zero-order valence-electron chi connectivity index (χ0n) is 9.47. The second-order valence-corrected chi connectivity index (χ2v) is 4.02. The van der Waals surface area contributed by atoms with Crippen molar-refractivity contribution in [2.75, 3.05) is 6.61 Å². The third kappa shape index (κ3) is 2.47. The minimum atomic E-state index is -0.903. The molecule has 0 aliphatic rings. The third-order valence-corrected chi connectivity index (χ3v) is 2.83. The number of carboxylic acids is 1. The van der Waals surface area contributed by atoms with E-state index in [1.165, 1.54) is 0 Å². The second kappa shape index (κ2) is 5.01. The van der Waals surface area contributed by atoms with Gasteiger partial charge in [-0.05, 0) is 37.1 Å². The Morgan fingerprint density at radius 2 is 2.06 bits per heavy atom. The van der Waals surface area contributed by atoms with Gasteiger partial charge in [0.15, 0.2) is 0 Å². The molecule has 0 saturated carbocycles. The van der Waals surface area contributed by atoms with Gasteiger partial charge in [-0.1, -0.05) is 0 Å². The molecule has 0 saturated heterocycles. The van der Waals surface area contributed by atoms with E-state index in [1.807, 2.05) is 18.3 Å². The number of carboxylic acid groups (broad SMARTS) is 1. The van der Waals surface area contributed by atoms with Crippen LogP contribution in [0.25, 0.3) is 10.9 Å². The first kappa shape index (κ1) is 11.7. The van der Waals surface area contributed by atoms with Crippen LogP contribution in [0.4, 0.5) is 0 Å². The number of benzene rings is 1. The molecule has 2 N–H and O–H groups in total. The summed E-state index contributed by atoms with van der Waals surface area (Å²) in [5.41, 5.74) is 1.35. The maximum Gasteiger partial charge on any atom is 0.335 e. The van der Waals surface area contributed by atoms with Gasteiger partial charge >= 0.3 is 5.97 Å². The van der Waals surface area contributed by atoms with Crippen molar-refractivity contribution in [3.8, 4) is 0 Å². The fraction of sp³-hybridized carbons (Fsp3) is 0.308. The number of aryl methyl sites for hydroxylation is 1. The van der Waals surface area contributed by atoms with E-state index in [4.69, 9.17) is 10.2 Å². The van der Waals surface area contributed by atoms with Crippen molar-refractivity contribution >= 4 is 16.9 Å². The molecule has 0 radical (unpaired) electrons. The van der Waals surface area contributed by atoms with Gasteiger partial charge in [0.2, 0.25) is 0 Å². The SMILES string of the molecule is O=C(O)c1ccc2c(ccn2CCCCO)c1. The molecule has 0 amide bonds. The lowest BCUT2D eigenvalue weighted by molar-refractivity contribution is 0.0697. The molecule has 2 aromatic rings. The molecule has 0 aliphatic carbocycles. The minimum Gasteiger partial charge on any atom is -0.478 e. The molecular weight excluding hydrogens is 218 g/mol. The molecule has 0 unspecified atom stereocenters. The zero-order chi connectivity index (χ0) is 12.3. The number of rotatable bonds is 5. The van der Waals surface area contributed by atoms with Crippen LogP contribution in [0.15, 0.2) is 30.5 Å². The number of aromatic carboxylic acids is 1. The Bertz CT molecular complexity index is 530. The van der Waals surface area contributed by atoms with Gasteiger partial charge in [0, 0.05) is 30.3 Å². The van der Waals surface area contributed by atoms with Gasteiger partial charge in [-0.15, -0.1) is 0 Å². The van der Waals surface area contributed by atoms with Crippen LogP contribution in [0, 0.1) is 0 Å². The van der Waals surface area contributed by atoms with Crippen LogP contribution < -0.4 is 0 Å². The van der Waals surface area contributed by atoms with E-state index in [0.717, 1.165) is 30.3 Å². The van der Waals surface area contributed by atoms with E-state index in [9.17, 15) is 4.79 Å². The summed E-state index contributed by atoms with van der Waals surface area (Å²) in [6.45, 7) is 1.05. The van der Waals surface area contributed by atoms with E-state index in [2.05, 4.69) is 4.57 Å². The molecule has 90 valence electrons. The van der Waals surface area contributed by atoms with Crippen molar-refractivity contribution in [3.05, 3.63) is 36.0 Å². The fourth-order valence-corrected chi connectivity index (χ4v) is 1.92. The number of carbonyl (C=O) groups is 1. The summed E-state index contributed by atoms with van der Waals surface area (Å²) >= 11 is 0. The fourth-order valence-electron chi connectivity index (χ4n) is 1.92. The van der Waals surface area contributed by atoms with Crippen LogP contribution >= 0.6 is 0 Å². The van der Waals surface area contributed by atoms with Crippen molar-refractivity contribution in [2.24, 2.45) is 0 Å². The molecular formula is C13H15NO3. The van der Waals surface area contributed by atoms with Crippen LogP contribution in [0.1, 0.15) is 23.2 Å². The van der Waals surface area contributed by atoms with E-state index in [0.29, 0.717) is 5.56 Å². The number of aliphatic hydroxyl groups excluding tert-OH is 1. The van der Waals surface area contributed by atoms with Gasteiger partial charge in [0.05, 0.1) is 5.56 Å². The van der Waals surface area contributed by atoms with E-state index >= 15 is 0 Å². The molecule has 0 bridgehead atoms. The normalized spacial score (nSPS) is 10.9. The van der Waals surface area contributed by atoms with Gasteiger partial charge in [0.1, 0.15) is 0 Å². The Morgan fingerprint density at radius 3 is 2.76 bits per heavy atom. The summed E-state index contributed by atoms with van der Waals surface area (Å²) in [7, 11) is 0.